The van der Waals surface area contributed by atoms with Crippen LogP contribution in [0.1, 0.15) is 38.2 Å². The highest BCUT2D eigenvalue weighted by Gasteiger charge is 2.22. The smallest absolute Gasteiger partial charge is 0.231 e. The molecule has 0 aromatic heterocycles. The fourth-order valence-corrected chi connectivity index (χ4v) is 3.28. The molecule has 104 valence electrons. The van der Waals surface area contributed by atoms with Crippen LogP contribution in [-0.2, 0) is 6.54 Å². The van der Waals surface area contributed by atoms with Crippen LogP contribution in [0.3, 0.4) is 0 Å². The van der Waals surface area contributed by atoms with Crippen LogP contribution in [0.2, 0.25) is 5.02 Å². The SMILES string of the molecule is CC1CCCCC1NCc1cc(Cl)c2c(c1)OCO2. The van der Waals surface area contributed by atoms with Crippen molar-refractivity contribution >= 4 is 11.6 Å². The van der Waals surface area contributed by atoms with Crippen molar-refractivity contribution in [2.75, 3.05) is 6.79 Å². The topological polar surface area (TPSA) is 30.5 Å². The third kappa shape index (κ3) is 2.82. The van der Waals surface area contributed by atoms with Crippen molar-refractivity contribution in [3.8, 4) is 11.5 Å². The maximum absolute atomic E-state index is 6.19. The highest BCUT2D eigenvalue weighted by Crippen LogP contribution is 2.39. The molecule has 1 aromatic carbocycles. The molecule has 1 heterocycles. The average molecular weight is 282 g/mol. The molecule has 0 spiro atoms. The summed E-state index contributed by atoms with van der Waals surface area (Å²) in [4.78, 5) is 0. The highest BCUT2D eigenvalue weighted by molar-refractivity contribution is 6.32. The second kappa shape index (κ2) is 5.59. The molecular weight excluding hydrogens is 262 g/mol. The van der Waals surface area contributed by atoms with Gasteiger partial charge in [0.1, 0.15) is 0 Å². The average Bonchev–Trinajstić information content (AvgIpc) is 2.87. The van der Waals surface area contributed by atoms with E-state index < -0.39 is 0 Å². The summed E-state index contributed by atoms with van der Waals surface area (Å²) < 4.78 is 10.7. The molecule has 0 saturated heterocycles. The van der Waals surface area contributed by atoms with Crippen molar-refractivity contribution < 1.29 is 9.47 Å². The molecule has 0 bridgehead atoms. The van der Waals surface area contributed by atoms with Gasteiger partial charge in [-0.15, -0.1) is 0 Å². The Balaban J connectivity index is 1.65. The zero-order valence-electron chi connectivity index (χ0n) is 11.2. The zero-order chi connectivity index (χ0) is 13.2. The minimum absolute atomic E-state index is 0.269. The van der Waals surface area contributed by atoms with E-state index in [1.54, 1.807) is 0 Å². The number of halogens is 1. The Hall–Kier alpha value is -0.930. The number of fused-ring (bicyclic) bond motifs is 1. The largest absolute Gasteiger partial charge is 0.454 e. The van der Waals surface area contributed by atoms with Crippen molar-refractivity contribution in [3.05, 3.63) is 22.7 Å². The van der Waals surface area contributed by atoms with Gasteiger partial charge in [-0.05, 0) is 36.5 Å². The van der Waals surface area contributed by atoms with Crippen molar-refractivity contribution in [3.63, 3.8) is 0 Å². The molecule has 1 N–H and O–H groups in total. The molecule has 1 aromatic rings. The number of nitrogens with one attached hydrogen (secondary N) is 1. The van der Waals surface area contributed by atoms with Gasteiger partial charge in [0.05, 0.1) is 5.02 Å². The molecule has 4 heteroatoms. The third-order valence-electron chi connectivity index (χ3n) is 4.17. The first-order valence-electron chi connectivity index (χ1n) is 7.05. The fourth-order valence-electron chi connectivity index (χ4n) is 2.99. The van der Waals surface area contributed by atoms with E-state index in [1.165, 1.54) is 25.7 Å². The summed E-state index contributed by atoms with van der Waals surface area (Å²) in [5.41, 5.74) is 1.16. The highest BCUT2D eigenvalue weighted by atomic mass is 35.5. The molecule has 2 atom stereocenters. The molecule has 1 fully saturated rings. The summed E-state index contributed by atoms with van der Waals surface area (Å²) in [5, 5.41) is 4.29. The number of hydrogen-bond donors (Lipinski definition) is 1. The van der Waals surface area contributed by atoms with Crippen LogP contribution in [0.4, 0.5) is 0 Å². The molecule has 3 rings (SSSR count). The molecule has 2 unspecified atom stereocenters. The van der Waals surface area contributed by atoms with Gasteiger partial charge >= 0.3 is 0 Å². The third-order valence-corrected chi connectivity index (χ3v) is 4.45. The van der Waals surface area contributed by atoms with Gasteiger partial charge in [0.25, 0.3) is 0 Å². The normalized spacial score (nSPS) is 25.6. The molecule has 1 aliphatic carbocycles. The number of hydrogen-bond acceptors (Lipinski definition) is 3. The van der Waals surface area contributed by atoms with E-state index in [0.29, 0.717) is 16.8 Å². The van der Waals surface area contributed by atoms with Crippen molar-refractivity contribution in [1.29, 1.82) is 0 Å². The minimum Gasteiger partial charge on any atom is -0.454 e. The van der Waals surface area contributed by atoms with Crippen LogP contribution in [0.15, 0.2) is 12.1 Å². The summed E-state index contributed by atoms with van der Waals surface area (Å²) in [6, 6.07) is 4.61. The van der Waals surface area contributed by atoms with Gasteiger partial charge in [-0.2, -0.15) is 0 Å². The first-order valence-corrected chi connectivity index (χ1v) is 7.43. The number of benzene rings is 1. The van der Waals surface area contributed by atoms with Crippen LogP contribution >= 0.6 is 11.6 Å². The Bertz CT molecular complexity index is 464. The monoisotopic (exact) mass is 281 g/mol. The van der Waals surface area contributed by atoms with Crippen LogP contribution < -0.4 is 14.8 Å². The first kappa shape index (κ1) is 13.1. The minimum atomic E-state index is 0.269. The zero-order valence-corrected chi connectivity index (χ0v) is 12.0. The Morgan fingerprint density at radius 3 is 2.95 bits per heavy atom. The summed E-state index contributed by atoms with van der Waals surface area (Å²) in [5.74, 6) is 2.20. The van der Waals surface area contributed by atoms with Crippen LogP contribution in [-0.4, -0.2) is 12.8 Å². The fraction of sp³-hybridized carbons (Fsp3) is 0.600. The quantitative estimate of drug-likeness (QED) is 0.916. The van der Waals surface area contributed by atoms with Crippen LogP contribution in [0.25, 0.3) is 0 Å². The molecule has 1 saturated carbocycles. The summed E-state index contributed by atoms with van der Waals surface area (Å²) >= 11 is 6.19. The van der Waals surface area contributed by atoms with Gasteiger partial charge in [0.15, 0.2) is 11.5 Å². The molecule has 19 heavy (non-hydrogen) atoms. The number of ether oxygens (including phenoxy) is 2. The maximum atomic E-state index is 6.19. The lowest BCUT2D eigenvalue weighted by molar-refractivity contribution is 0.174. The van der Waals surface area contributed by atoms with Crippen LogP contribution in [0, 0.1) is 5.92 Å². The predicted octanol–water partition coefficient (Wildman–Crippen LogP) is 3.74. The van der Waals surface area contributed by atoms with Gasteiger partial charge in [-0.25, -0.2) is 0 Å². The Kier molecular flexibility index (Phi) is 3.85. The van der Waals surface area contributed by atoms with Crippen molar-refractivity contribution in [2.24, 2.45) is 5.92 Å². The Morgan fingerprint density at radius 2 is 2.11 bits per heavy atom. The Labute approximate surface area is 119 Å². The molecule has 3 nitrogen and oxygen atoms in total. The second-order valence-corrected chi connectivity index (χ2v) is 5.97. The van der Waals surface area contributed by atoms with Crippen molar-refractivity contribution in [1.82, 2.24) is 5.32 Å². The van der Waals surface area contributed by atoms with E-state index in [2.05, 4.69) is 12.2 Å². The van der Waals surface area contributed by atoms with E-state index in [9.17, 15) is 0 Å². The first-order chi connectivity index (χ1) is 9.24. The van der Waals surface area contributed by atoms with E-state index in [1.807, 2.05) is 12.1 Å². The van der Waals surface area contributed by atoms with E-state index in [0.717, 1.165) is 23.8 Å². The van der Waals surface area contributed by atoms with Gasteiger partial charge in [0, 0.05) is 12.6 Å². The van der Waals surface area contributed by atoms with Gasteiger partial charge < -0.3 is 14.8 Å². The lowest BCUT2D eigenvalue weighted by atomic mass is 9.86. The van der Waals surface area contributed by atoms with Gasteiger partial charge in [-0.1, -0.05) is 31.4 Å². The summed E-state index contributed by atoms with van der Waals surface area (Å²) in [6.07, 6.45) is 5.32. The van der Waals surface area contributed by atoms with E-state index >= 15 is 0 Å². The Morgan fingerprint density at radius 1 is 1.26 bits per heavy atom. The summed E-state index contributed by atoms with van der Waals surface area (Å²) in [6.45, 7) is 3.44. The van der Waals surface area contributed by atoms with Gasteiger partial charge in [-0.3, -0.25) is 0 Å². The standard InChI is InChI=1S/C15H20ClNO2/c1-10-4-2-3-5-13(10)17-8-11-6-12(16)15-14(7-11)18-9-19-15/h6-7,10,13,17H,2-5,8-9H2,1H3. The van der Waals surface area contributed by atoms with Gasteiger partial charge in [0.2, 0.25) is 6.79 Å². The predicted molar refractivity (Wildman–Crippen MR) is 75.8 cm³/mol. The molecular formula is C15H20ClNO2. The number of rotatable bonds is 3. The molecule has 0 amide bonds. The van der Waals surface area contributed by atoms with Crippen LogP contribution in [0.5, 0.6) is 11.5 Å². The van der Waals surface area contributed by atoms with E-state index in [-0.39, 0.29) is 6.79 Å². The van der Waals surface area contributed by atoms with Crippen molar-refractivity contribution in [2.45, 2.75) is 45.2 Å². The van der Waals surface area contributed by atoms with E-state index in [4.69, 9.17) is 21.1 Å². The lowest BCUT2D eigenvalue weighted by Crippen LogP contribution is -2.36. The molecule has 0 radical (unpaired) electrons. The molecule has 1 aliphatic heterocycles. The lowest BCUT2D eigenvalue weighted by Gasteiger charge is -2.29. The summed E-state index contributed by atoms with van der Waals surface area (Å²) in [7, 11) is 0. The maximum Gasteiger partial charge on any atom is 0.231 e. The second-order valence-electron chi connectivity index (χ2n) is 5.56. The molecule has 2 aliphatic rings.